The fraction of sp³-hybridized carbons (Fsp3) is 0.593. The molecule has 2 saturated carbocycles. The van der Waals surface area contributed by atoms with E-state index in [0.29, 0.717) is 30.4 Å². The van der Waals surface area contributed by atoms with E-state index in [4.69, 9.17) is 27.8 Å². The van der Waals surface area contributed by atoms with Crippen LogP contribution in [0.25, 0.3) is 0 Å². The van der Waals surface area contributed by atoms with Gasteiger partial charge in [-0.2, -0.15) is 0 Å². The molecule has 3 heterocycles. The molecule has 3 fully saturated rings. The first kappa shape index (κ1) is 24.6. The third kappa shape index (κ3) is 3.50. The number of ether oxygens (including phenoxy) is 4. The predicted molar refractivity (Wildman–Crippen MR) is 124 cm³/mol. The fourth-order valence-electron chi connectivity index (χ4n) is 6.93. The summed E-state index contributed by atoms with van der Waals surface area (Å²) in [6.07, 6.45) is 5.18. The Bertz CT molecular complexity index is 1130. The van der Waals surface area contributed by atoms with Crippen LogP contribution >= 0.6 is 0 Å². The van der Waals surface area contributed by atoms with E-state index in [1.807, 2.05) is 20.8 Å². The van der Waals surface area contributed by atoms with Crippen LogP contribution in [0.2, 0.25) is 0 Å². The van der Waals surface area contributed by atoms with Gasteiger partial charge in [0.15, 0.2) is 0 Å². The maximum Gasteiger partial charge on any atom is 0.341 e. The first-order chi connectivity index (χ1) is 17.0. The molecule has 0 amide bonds. The summed E-state index contributed by atoms with van der Waals surface area (Å²) in [6, 6.07) is 3.10. The normalized spacial score (nSPS) is 36.5. The number of esters is 3. The Hall–Kier alpha value is -3.07. The molecule has 36 heavy (non-hydrogen) atoms. The molecule has 0 radical (unpaired) electrons. The second-order valence-electron chi connectivity index (χ2n) is 10.9. The van der Waals surface area contributed by atoms with Gasteiger partial charge in [-0.15, -0.1) is 0 Å². The van der Waals surface area contributed by atoms with Crippen LogP contribution in [0.4, 0.5) is 0 Å². The van der Waals surface area contributed by atoms with E-state index in [9.17, 15) is 14.4 Å². The van der Waals surface area contributed by atoms with E-state index in [1.165, 1.54) is 32.0 Å². The van der Waals surface area contributed by atoms with Crippen LogP contribution in [-0.4, -0.2) is 47.4 Å². The van der Waals surface area contributed by atoms with Crippen LogP contribution in [0.1, 0.15) is 74.6 Å². The lowest BCUT2D eigenvalue weighted by Crippen LogP contribution is -2.73. The second-order valence-corrected chi connectivity index (χ2v) is 10.9. The molecule has 1 saturated heterocycles. The minimum absolute atomic E-state index is 0.0869. The zero-order chi connectivity index (χ0) is 25.9. The van der Waals surface area contributed by atoms with Crippen LogP contribution in [0, 0.1) is 17.3 Å². The van der Waals surface area contributed by atoms with E-state index in [2.05, 4.69) is 6.92 Å². The number of carbonyl (C=O) groups is 3. The zero-order valence-electron chi connectivity index (χ0n) is 21.1. The minimum Gasteiger partial charge on any atom is -0.472 e. The molecule has 1 aliphatic heterocycles. The highest BCUT2D eigenvalue weighted by Gasteiger charge is 2.79. The summed E-state index contributed by atoms with van der Waals surface area (Å²) in [5.41, 5.74) is -2.17. The van der Waals surface area contributed by atoms with E-state index in [0.717, 1.165) is 0 Å². The van der Waals surface area contributed by atoms with Crippen LogP contribution in [0.15, 0.2) is 46.0 Å². The third-order valence-electron chi connectivity index (χ3n) is 8.66. The fourth-order valence-corrected chi connectivity index (χ4v) is 6.93. The van der Waals surface area contributed by atoms with Crippen molar-refractivity contribution in [3.63, 3.8) is 0 Å². The number of fused-ring (bicyclic) bond motifs is 1. The Morgan fingerprint density at radius 3 is 2.06 bits per heavy atom. The van der Waals surface area contributed by atoms with Crippen LogP contribution in [0.3, 0.4) is 0 Å². The number of carbonyl (C=O) groups excluding carboxylic acids is 3. The molecule has 3 aliphatic rings. The number of hydrogen-bond acceptors (Lipinski definition) is 9. The first-order valence-corrected chi connectivity index (χ1v) is 12.3. The van der Waals surface area contributed by atoms with Gasteiger partial charge in [-0.05, 0) is 58.1 Å². The highest BCUT2D eigenvalue weighted by atomic mass is 16.6. The minimum atomic E-state index is -1.07. The smallest absolute Gasteiger partial charge is 0.341 e. The summed E-state index contributed by atoms with van der Waals surface area (Å²) in [6.45, 7) is 9.28. The van der Waals surface area contributed by atoms with Gasteiger partial charge in [0.25, 0.3) is 0 Å². The lowest BCUT2D eigenvalue weighted by atomic mass is 9.49. The average Bonchev–Trinajstić information content (AvgIpc) is 3.55. The van der Waals surface area contributed by atoms with Gasteiger partial charge in [0.05, 0.1) is 34.7 Å². The number of furan rings is 2. The van der Waals surface area contributed by atoms with E-state index in [1.54, 1.807) is 12.1 Å². The molecule has 9 nitrogen and oxygen atoms in total. The number of rotatable bonds is 5. The van der Waals surface area contributed by atoms with Crippen molar-refractivity contribution in [2.45, 2.75) is 83.4 Å². The summed E-state index contributed by atoms with van der Waals surface area (Å²) >= 11 is 0. The second kappa shape index (κ2) is 8.50. The third-order valence-corrected chi connectivity index (χ3v) is 8.66. The van der Waals surface area contributed by atoms with Crippen molar-refractivity contribution in [2.75, 3.05) is 0 Å². The van der Waals surface area contributed by atoms with E-state index < -0.39 is 52.8 Å². The van der Waals surface area contributed by atoms with Gasteiger partial charge >= 0.3 is 17.9 Å². The number of hydrogen-bond donors (Lipinski definition) is 0. The van der Waals surface area contributed by atoms with Gasteiger partial charge in [-0.3, -0.25) is 4.79 Å². The van der Waals surface area contributed by atoms with Crippen LogP contribution in [0.5, 0.6) is 0 Å². The highest BCUT2D eigenvalue weighted by molar-refractivity contribution is 5.89. The lowest BCUT2D eigenvalue weighted by molar-refractivity contribution is -0.282. The van der Waals surface area contributed by atoms with Crippen molar-refractivity contribution in [1.29, 1.82) is 0 Å². The quantitative estimate of drug-likeness (QED) is 0.430. The van der Waals surface area contributed by atoms with Crippen molar-refractivity contribution in [2.24, 2.45) is 17.3 Å². The summed E-state index contributed by atoms with van der Waals surface area (Å²) in [5.74, 6) is -1.84. The zero-order valence-corrected chi connectivity index (χ0v) is 21.1. The van der Waals surface area contributed by atoms with Crippen LogP contribution in [-0.2, 0) is 23.7 Å². The Morgan fingerprint density at radius 1 is 0.889 bits per heavy atom. The molecule has 1 spiro atoms. The molecule has 0 N–H and O–H groups in total. The predicted octanol–water partition coefficient (Wildman–Crippen LogP) is 4.56. The maximum absolute atomic E-state index is 13.1. The standard InChI is InChI=1S/C27H32O9/c1-15-6-7-20(33-16(2)28)26(5)21(34-23(29)17-8-10-31-13-17)12-19-22(27(15,26)36-25(19,3)4)35-24(30)18-9-11-32-14-18/h8-11,13-15,19-22H,6-7,12H2,1-5H3. The summed E-state index contributed by atoms with van der Waals surface area (Å²) in [5, 5.41) is 0. The van der Waals surface area contributed by atoms with Crippen molar-refractivity contribution in [3.8, 4) is 0 Å². The molecule has 7 atom stereocenters. The molecule has 7 unspecified atom stereocenters. The first-order valence-electron chi connectivity index (χ1n) is 12.3. The molecule has 2 aliphatic carbocycles. The Morgan fingerprint density at radius 2 is 1.50 bits per heavy atom. The van der Waals surface area contributed by atoms with E-state index in [-0.39, 0.29) is 11.8 Å². The van der Waals surface area contributed by atoms with Crippen molar-refractivity contribution in [3.05, 3.63) is 48.3 Å². The molecule has 2 aromatic rings. The summed E-state index contributed by atoms with van der Waals surface area (Å²) in [7, 11) is 0. The highest BCUT2D eigenvalue weighted by Crippen LogP contribution is 2.67. The molecular formula is C27H32O9. The SMILES string of the molecule is CC(=O)OC1CCC(C)C23OC(C)(C)C(CC(OC(=O)c4ccoc4)C12C)C3OC(=O)c1ccoc1. The topological polar surface area (TPSA) is 114 Å². The molecular weight excluding hydrogens is 468 g/mol. The van der Waals surface area contributed by atoms with Gasteiger partial charge in [-0.25, -0.2) is 9.59 Å². The molecule has 2 bridgehead atoms. The van der Waals surface area contributed by atoms with E-state index >= 15 is 0 Å². The average molecular weight is 501 g/mol. The van der Waals surface area contributed by atoms with Gasteiger partial charge < -0.3 is 27.8 Å². The summed E-state index contributed by atoms with van der Waals surface area (Å²) < 4.78 is 35.3. The lowest BCUT2D eigenvalue weighted by Gasteiger charge is -2.61. The monoisotopic (exact) mass is 500 g/mol. The molecule has 2 aromatic heterocycles. The molecule has 9 heteroatoms. The largest absolute Gasteiger partial charge is 0.472 e. The van der Waals surface area contributed by atoms with Gasteiger partial charge in [-0.1, -0.05) is 6.92 Å². The maximum atomic E-state index is 13.1. The molecule has 194 valence electrons. The van der Waals surface area contributed by atoms with Crippen molar-refractivity contribution in [1.82, 2.24) is 0 Å². The Kier molecular flexibility index (Phi) is 5.82. The Labute approximate surface area is 209 Å². The van der Waals surface area contributed by atoms with Crippen molar-refractivity contribution >= 4 is 17.9 Å². The van der Waals surface area contributed by atoms with Gasteiger partial charge in [0.2, 0.25) is 0 Å². The Balaban J connectivity index is 1.61. The van der Waals surface area contributed by atoms with Crippen molar-refractivity contribution < 1.29 is 42.2 Å². The molecule has 0 aromatic carbocycles. The molecule has 5 rings (SSSR count). The van der Waals surface area contributed by atoms with Gasteiger partial charge in [0.1, 0.15) is 36.4 Å². The van der Waals surface area contributed by atoms with Crippen LogP contribution < -0.4 is 0 Å². The van der Waals surface area contributed by atoms with Gasteiger partial charge in [0, 0.05) is 12.8 Å². The summed E-state index contributed by atoms with van der Waals surface area (Å²) in [4.78, 5) is 38.4.